The van der Waals surface area contributed by atoms with Crippen molar-refractivity contribution < 1.29 is 17.9 Å². The van der Waals surface area contributed by atoms with Gasteiger partial charge in [-0.15, -0.1) is 0 Å². The fraction of sp³-hybridized carbons (Fsp3) is 0.278. The minimum Gasteiger partial charge on any atom is -0.481 e. The molecule has 0 aliphatic carbocycles. The summed E-state index contributed by atoms with van der Waals surface area (Å²) in [6.45, 7) is 0.705. The number of nitrogens with zero attached hydrogens (tertiary/aromatic N) is 2. The Labute approximate surface area is 178 Å². The van der Waals surface area contributed by atoms with Crippen LogP contribution >= 0.6 is 34.8 Å². The lowest BCUT2D eigenvalue weighted by Crippen LogP contribution is -2.51. The SMILES string of the molecule is O=C(COc1c(Cl)cccc1Cl)N1CCN(S(=O)(=O)c2ccc(Cl)cc2)CC1. The molecular formula is C18H17Cl3N2O4S. The van der Waals surface area contributed by atoms with Gasteiger partial charge in [-0.3, -0.25) is 4.79 Å². The molecule has 2 aromatic rings. The number of rotatable bonds is 5. The van der Waals surface area contributed by atoms with Gasteiger partial charge in [-0.25, -0.2) is 8.42 Å². The third-order valence-corrected chi connectivity index (χ3v) is 7.06. The largest absolute Gasteiger partial charge is 0.481 e. The zero-order valence-corrected chi connectivity index (χ0v) is 17.7. The summed E-state index contributed by atoms with van der Waals surface area (Å²) in [5, 5.41) is 1.10. The average Bonchev–Trinajstić information content (AvgIpc) is 2.68. The van der Waals surface area contributed by atoms with Gasteiger partial charge in [0.25, 0.3) is 5.91 Å². The molecule has 0 N–H and O–H groups in total. The Morgan fingerprint density at radius 2 is 1.50 bits per heavy atom. The maximum Gasteiger partial charge on any atom is 0.260 e. The van der Waals surface area contributed by atoms with Crippen LogP contribution in [0.3, 0.4) is 0 Å². The monoisotopic (exact) mass is 462 g/mol. The van der Waals surface area contributed by atoms with Crippen molar-refractivity contribution in [2.75, 3.05) is 32.8 Å². The molecule has 1 saturated heterocycles. The van der Waals surface area contributed by atoms with Crippen LogP contribution in [0.25, 0.3) is 0 Å². The zero-order chi connectivity index (χ0) is 20.3. The van der Waals surface area contributed by atoms with Gasteiger partial charge in [0, 0.05) is 31.2 Å². The highest BCUT2D eigenvalue weighted by Gasteiger charge is 2.30. The number of halogens is 3. The predicted molar refractivity (Wildman–Crippen MR) is 109 cm³/mol. The van der Waals surface area contributed by atoms with Crippen molar-refractivity contribution >= 4 is 50.7 Å². The standard InChI is InChI=1S/C18H17Cl3N2O4S/c19-13-4-6-14(7-5-13)28(25,26)23-10-8-22(9-11-23)17(24)12-27-18-15(20)2-1-3-16(18)21/h1-7H,8-12H2. The van der Waals surface area contributed by atoms with E-state index in [1.807, 2.05) is 0 Å². The number of ether oxygens (including phenoxy) is 1. The van der Waals surface area contributed by atoms with Crippen LogP contribution in [-0.2, 0) is 14.8 Å². The van der Waals surface area contributed by atoms with Crippen LogP contribution in [-0.4, -0.2) is 56.3 Å². The fourth-order valence-electron chi connectivity index (χ4n) is 2.78. The summed E-state index contributed by atoms with van der Waals surface area (Å²) >= 11 is 17.9. The first-order chi connectivity index (χ1) is 13.3. The Balaban J connectivity index is 1.57. The van der Waals surface area contributed by atoms with Gasteiger partial charge in [0.05, 0.1) is 14.9 Å². The fourth-order valence-corrected chi connectivity index (χ4v) is 4.83. The van der Waals surface area contributed by atoms with Crippen LogP contribution in [0.15, 0.2) is 47.4 Å². The van der Waals surface area contributed by atoms with Gasteiger partial charge in [0.2, 0.25) is 10.0 Å². The summed E-state index contributed by atoms with van der Waals surface area (Å²) in [5.74, 6) is -0.0114. The molecule has 1 heterocycles. The van der Waals surface area contributed by atoms with E-state index in [2.05, 4.69) is 0 Å². The first-order valence-electron chi connectivity index (χ1n) is 8.39. The third kappa shape index (κ3) is 4.72. The van der Waals surface area contributed by atoms with Crippen LogP contribution in [0.5, 0.6) is 5.75 Å². The number of hydrogen-bond donors (Lipinski definition) is 0. The van der Waals surface area contributed by atoms with Crippen molar-refractivity contribution in [3.8, 4) is 5.75 Å². The summed E-state index contributed by atoms with van der Waals surface area (Å²) in [5.41, 5.74) is 0. The number of sulfonamides is 1. The van der Waals surface area contributed by atoms with E-state index in [0.717, 1.165) is 0 Å². The quantitative estimate of drug-likeness (QED) is 0.680. The molecule has 0 atom stereocenters. The Morgan fingerprint density at radius 3 is 2.07 bits per heavy atom. The van der Waals surface area contributed by atoms with Gasteiger partial charge >= 0.3 is 0 Å². The van der Waals surface area contributed by atoms with E-state index in [9.17, 15) is 13.2 Å². The number of para-hydroxylation sites is 1. The highest BCUT2D eigenvalue weighted by atomic mass is 35.5. The maximum absolute atomic E-state index is 12.7. The van der Waals surface area contributed by atoms with Gasteiger partial charge in [-0.2, -0.15) is 4.31 Å². The van der Waals surface area contributed by atoms with Gasteiger partial charge in [-0.05, 0) is 36.4 Å². The molecule has 1 aliphatic heterocycles. The van der Waals surface area contributed by atoms with Gasteiger partial charge in [-0.1, -0.05) is 40.9 Å². The van der Waals surface area contributed by atoms with E-state index >= 15 is 0 Å². The minimum absolute atomic E-state index is 0.174. The second kappa shape index (κ2) is 8.88. The highest BCUT2D eigenvalue weighted by Crippen LogP contribution is 2.32. The third-order valence-electron chi connectivity index (χ3n) is 4.30. The first-order valence-corrected chi connectivity index (χ1v) is 11.0. The van der Waals surface area contributed by atoms with Gasteiger partial charge in [0.1, 0.15) is 0 Å². The molecule has 6 nitrogen and oxygen atoms in total. The molecule has 0 bridgehead atoms. The molecule has 2 aromatic carbocycles. The van der Waals surface area contributed by atoms with E-state index in [-0.39, 0.29) is 49.3 Å². The van der Waals surface area contributed by atoms with E-state index < -0.39 is 10.0 Å². The Morgan fingerprint density at radius 1 is 0.929 bits per heavy atom. The zero-order valence-electron chi connectivity index (χ0n) is 14.6. The summed E-state index contributed by atoms with van der Waals surface area (Å²) in [6, 6.07) is 10.9. The van der Waals surface area contributed by atoms with E-state index in [1.165, 1.54) is 28.6 Å². The normalized spacial score (nSPS) is 15.5. The van der Waals surface area contributed by atoms with Crippen molar-refractivity contribution in [2.45, 2.75) is 4.90 Å². The summed E-state index contributed by atoms with van der Waals surface area (Å²) < 4.78 is 32.2. The summed E-state index contributed by atoms with van der Waals surface area (Å²) in [6.07, 6.45) is 0. The molecule has 0 unspecified atom stereocenters. The molecule has 10 heteroatoms. The Kier molecular flexibility index (Phi) is 6.73. The van der Waals surface area contributed by atoms with Crippen molar-refractivity contribution in [1.29, 1.82) is 0 Å². The molecule has 0 radical (unpaired) electrons. The molecule has 150 valence electrons. The number of carbonyl (C=O) groups excluding carboxylic acids is 1. The number of amides is 1. The molecule has 1 amide bonds. The van der Waals surface area contributed by atoms with Crippen LogP contribution in [0.4, 0.5) is 0 Å². The summed E-state index contributed by atoms with van der Waals surface area (Å²) in [4.78, 5) is 14.1. The van der Waals surface area contributed by atoms with E-state index in [0.29, 0.717) is 15.1 Å². The number of piperazine rings is 1. The molecule has 3 rings (SSSR count). The number of hydrogen-bond acceptors (Lipinski definition) is 4. The lowest BCUT2D eigenvalue weighted by Gasteiger charge is -2.34. The van der Waals surface area contributed by atoms with Gasteiger partial charge < -0.3 is 9.64 Å². The predicted octanol–water partition coefficient (Wildman–Crippen LogP) is 3.56. The number of benzene rings is 2. The molecule has 1 fully saturated rings. The second-order valence-electron chi connectivity index (χ2n) is 6.08. The lowest BCUT2D eigenvalue weighted by molar-refractivity contribution is -0.134. The van der Waals surface area contributed by atoms with E-state index in [4.69, 9.17) is 39.5 Å². The van der Waals surface area contributed by atoms with Crippen LogP contribution in [0, 0.1) is 0 Å². The Hall–Kier alpha value is -1.51. The number of carbonyl (C=O) groups is 1. The summed E-state index contributed by atoms with van der Waals surface area (Å²) in [7, 11) is -3.62. The molecule has 0 aromatic heterocycles. The second-order valence-corrected chi connectivity index (χ2v) is 9.27. The van der Waals surface area contributed by atoms with E-state index in [1.54, 1.807) is 23.1 Å². The van der Waals surface area contributed by atoms with Crippen LogP contribution in [0.2, 0.25) is 15.1 Å². The van der Waals surface area contributed by atoms with Crippen molar-refractivity contribution in [3.63, 3.8) is 0 Å². The van der Waals surface area contributed by atoms with Crippen LogP contribution in [0.1, 0.15) is 0 Å². The first kappa shape index (κ1) is 21.2. The molecular weight excluding hydrogens is 447 g/mol. The highest BCUT2D eigenvalue weighted by molar-refractivity contribution is 7.89. The minimum atomic E-state index is -3.62. The smallest absolute Gasteiger partial charge is 0.260 e. The molecule has 1 aliphatic rings. The molecule has 0 saturated carbocycles. The lowest BCUT2D eigenvalue weighted by atomic mass is 10.3. The topological polar surface area (TPSA) is 66.9 Å². The Bertz CT molecular complexity index is 939. The maximum atomic E-state index is 12.7. The molecule has 28 heavy (non-hydrogen) atoms. The molecule has 0 spiro atoms. The van der Waals surface area contributed by atoms with Crippen molar-refractivity contribution in [1.82, 2.24) is 9.21 Å². The van der Waals surface area contributed by atoms with Crippen LogP contribution < -0.4 is 4.74 Å². The average molecular weight is 464 g/mol. The van der Waals surface area contributed by atoms with Crippen molar-refractivity contribution in [3.05, 3.63) is 57.5 Å². The van der Waals surface area contributed by atoms with Gasteiger partial charge in [0.15, 0.2) is 12.4 Å². The van der Waals surface area contributed by atoms with Crippen molar-refractivity contribution in [2.24, 2.45) is 0 Å².